The van der Waals surface area contributed by atoms with E-state index in [2.05, 4.69) is 46.1 Å². The first-order valence-corrected chi connectivity index (χ1v) is 11.2. The first kappa shape index (κ1) is 20.9. The average molecular weight is 382 g/mol. The molecule has 2 rings (SSSR count). The number of benzene rings is 1. The number of piperidine rings is 1. The van der Waals surface area contributed by atoms with Gasteiger partial charge in [-0.25, -0.2) is 13.1 Å². The van der Waals surface area contributed by atoms with E-state index in [1.807, 2.05) is 13.8 Å². The van der Waals surface area contributed by atoms with Crippen LogP contribution >= 0.6 is 0 Å². The fraction of sp³-hybridized carbons (Fsp3) is 0.632. The molecule has 1 fully saturated rings. The van der Waals surface area contributed by atoms with E-state index >= 15 is 0 Å². The summed E-state index contributed by atoms with van der Waals surface area (Å²) in [6.45, 7) is 7.34. The number of nitrogens with one attached hydrogen (secondary N) is 2. The molecule has 0 aliphatic carbocycles. The Morgan fingerprint density at radius 3 is 2.50 bits per heavy atom. The molecular weight excluding hydrogens is 350 g/mol. The fourth-order valence-electron chi connectivity index (χ4n) is 3.38. The van der Waals surface area contributed by atoms with Crippen molar-refractivity contribution in [2.45, 2.75) is 58.2 Å². The van der Waals surface area contributed by atoms with Crippen LogP contribution in [0.25, 0.3) is 0 Å². The van der Waals surface area contributed by atoms with Crippen molar-refractivity contribution in [2.24, 2.45) is 0 Å². The van der Waals surface area contributed by atoms with Gasteiger partial charge in [0.15, 0.2) is 0 Å². The number of carbonyl (C=O) groups excluding carboxylic acids is 1. The maximum atomic E-state index is 12.6. The van der Waals surface area contributed by atoms with E-state index in [1.165, 1.54) is 11.8 Å². The molecule has 6 nitrogen and oxygen atoms in total. The first-order valence-electron chi connectivity index (χ1n) is 9.30. The predicted molar refractivity (Wildman–Crippen MR) is 104 cm³/mol. The zero-order chi connectivity index (χ0) is 19.3. The summed E-state index contributed by atoms with van der Waals surface area (Å²) in [5.74, 6) is -0.0305. The van der Waals surface area contributed by atoms with Crippen LogP contribution in [0.15, 0.2) is 24.3 Å². The lowest BCUT2D eigenvalue weighted by molar-refractivity contribution is -0.127. The molecule has 0 aromatic heterocycles. The summed E-state index contributed by atoms with van der Waals surface area (Å²) < 4.78 is 25.6. The van der Waals surface area contributed by atoms with Gasteiger partial charge >= 0.3 is 0 Å². The lowest BCUT2D eigenvalue weighted by Gasteiger charge is -2.36. The van der Waals surface area contributed by atoms with Gasteiger partial charge in [0.05, 0.1) is 18.3 Å². The van der Waals surface area contributed by atoms with Crippen molar-refractivity contribution in [3.05, 3.63) is 35.4 Å². The van der Waals surface area contributed by atoms with E-state index in [-0.39, 0.29) is 24.0 Å². The van der Waals surface area contributed by atoms with E-state index in [0.717, 1.165) is 31.4 Å². The van der Waals surface area contributed by atoms with Crippen molar-refractivity contribution in [3.8, 4) is 0 Å². The largest absolute Gasteiger partial charge is 0.348 e. The van der Waals surface area contributed by atoms with Gasteiger partial charge in [-0.1, -0.05) is 31.2 Å². The van der Waals surface area contributed by atoms with Crippen LogP contribution in [0.3, 0.4) is 0 Å². The minimum atomic E-state index is -3.23. The van der Waals surface area contributed by atoms with Gasteiger partial charge in [0.25, 0.3) is 0 Å². The summed E-state index contributed by atoms with van der Waals surface area (Å²) >= 11 is 0. The second kappa shape index (κ2) is 8.97. The van der Waals surface area contributed by atoms with E-state index in [1.54, 1.807) is 0 Å². The molecule has 1 aromatic carbocycles. The van der Waals surface area contributed by atoms with Crippen LogP contribution in [0.4, 0.5) is 0 Å². The molecular formula is C19H31N3O3S. The smallest absolute Gasteiger partial charge is 0.237 e. The Morgan fingerprint density at radius 2 is 1.92 bits per heavy atom. The van der Waals surface area contributed by atoms with Gasteiger partial charge in [-0.05, 0) is 50.8 Å². The molecule has 0 bridgehead atoms. The van der Waals surface area contributed by atoms with Crippen LogP contribution in [0.5, 0.6) is 0 Å². The lowest BCUT2D eigenvalue weighted by atomic mass is 10.0. The highest BCUT2D eigenvalue weighted by molar-refractivity contribution is 7.88. The summed E-state index contributed by atoms with van der Waals surface area (Å²) in [6.07, 6.45) is 3.85. The maximum Gasteiger partial charge on any atom is 0.237 e. The molecule has 0 radical (unpaired) electrons. The predicted octanol–water partition coefficient (Wildman–Crippen LogP) is 1.83. The molecule has 3 atom stereocenters. The van der Waals surface area contributed by atoms with Gasteiger partial charge < -0.3 is 5.32 Å². The van der Waals surface area contributed by atoms with Gasteiger partial charge in [0.1, 0.15) is 0 Å². The van der Waals surface area contributed by atoms with Crippen LogP contribution in [0, 0.1) is 0 Å². The van der Waals surface area contributed by atoms with E-state index in [9.17, 15) is 13.2 Å². The summed E-state index contributed by atoms with van der Waals surface area (Å²) in [6, 6.07) is 7.80. The van der Waals surface area contributed by atoms with Gasteiger partial charge in [-0.3, -0.25) is 9.69 Å². The normalized spacial score (nSPS) is 21.2. The Morgan fingerprint density at radius 1 is 1.27 bits per heavy atom. The standard InChI is InChI=1S/C19H31N3O3S/c1-5-16-8-10-17(11-9-16)14(2)20-19(23)15(3)22-12-6-7-18(13-22)21-26(4,24)25/h8-11,14-15,18,21H,5-7,12-13H2,1-4H3,(H,20,23). The van der Waals surface area contributed by atoms with Gasteiger partial charge in [0, 0.05) is 12.6 Å². The minimum Gasteiger partial charge on any atom is -0.348 e. The Balaban J connectivity index is 1.93. The van der Waals surface area contributed by atoms with Crippen LogP contribution < -0.4 is 10.0 Å². The molecule has 1 aromatic rings. The second-order valence-electron chi connectivity index (χ2n) is 7.23. The van der Waals surface area contributed by atoms with Crippen LogP contribution in [0.1, 0.15) is 50.8 Å². The number of nitrogens with zero attached hydrogens (tertiary/aromatic N) is 1. The average Bonchev–Trinajstić information content (AvgIpc) is 2.59. The molecule has 1 saturated heterocycles. The molecule has 1 amide bonds. The molecule has 0 saturated carbocycles. The SMILES string of the molecule is CCc1ccc(C(C)NC(=O)C(C)N2CCCC(NS(C)(=O)=O)C2)cc1. The minimum absolute atomic E-state index is 0.0305. The van der Waals surface area contributed by atoms with Gasteiger partial charge in [-0.15, -0.1) is 0 Å². The highest BCUT2D eigenvalue weighted by Crippen LogP contribution is 2.17. The molecule has 3 unspecified atom stereocenters. The third-order valence-electron chi connectivity index (χ3n) is 5.01. The Labute approximate surface area is 157 Å². The molecule has 1 heterocycles. The third-order valence-corrected chi connectivity index (χ3v) is 5.77. The van der Waals surface area contributed by atoms with Crippen LogP contribution in [0.2, 0.25) is 0 Å². The number of amides is 1. The van der Waals surface area contributed by atoms with Crippen LogP contribution in [-0.2, 0) is 21.2 Å². The monoisotopic (exact) mass is 381 g/mol. The van der Waals surface area contributed by atoms with Crippen molar-refractivity contribution < 1.29 is 13.2 Å². The highest BCUT2D eigenvalue weighted by Gasteiger charge is 2.29. The summed E-state index contributed by atoms with van der Waals surface area (Å²) in [5.41, 5.74) is 2.36. The number of hydrogen-bond donors (Lipinski definition) is 2. The Hall–Kier alpha value is -1.44. The molecule has 26 heavy (non-hydrogen) atoms. The third kappa shape index (κ3) is 6.07. The molecule has 146 valence electrons. The van der Waals surface area contributed by atoms with Crippen molar-refractivity contribution in [1.29, 1.82) is 0 Å². The van der Waals surface area contributed by atoms with E-state index in [0.29, 0.717) is 6.54 Å². The van der Waals surface area contributed by atoms with Crippen molar-refractivity contribution in [1.82, 2.24) is 14.9 Å². The van der Waals surface area contributed by atoms with E-state index in [4.69, 9.17) is 0 Å². The van der Waals surface area contributed by atoms with E-state index < -0.39 is 10.0 Å². The fourth-order valence-corrected chi connectivity index (χ4v) is 4.18. The number of sulfonamides is 1. The zero-order valence-electron chi connectivity index (χ0n) is 16.2. The maximum absolute atomic E-state index is 12.6. The number of aryl methyl sites for hydroxylation is 1. The Kier molecular flexibility index (Phi) is 7.20. The molecule has 1 aliphatic rings. The number of hydrogen-bond acceptors (Lipinski definition) is 4. The quantitative estimate of drug-likeness (QED) is 0.755. The van der Waals surface area contributed by atoms with Crippen molar-refractivity contribution in [3.63, 3.8) is 0 Å². The summed E-state index contributed by atoms with van der Waals surface area (Å²) in [4.78, 5) is 14.7. The van der Waals surface area contributed by atoms with Crippen molar-refractivity contribution >= 4 is 15.9 Å². The van der Waals surface area contributed by atoms with Crippen LogP contribution in [-0.4, -0.2) is 50.7 Å². The number of likely N-dealkylation sites (tertiary alicyclic amines) is 1. The molecule has 2 N–H and O–H groups in total. The summed E-state index contributed by atoms with van der Waals surface area (Å²) in [5, 5.41) is 3.07. The number of carbonyl (C=O) groups is 1. The van der Waals surface area contributed by atoms with Crippen molar-refractivity contribution in [2.75, 3.05) is 19.3 Å². The first-order chi connectivity index (χ1) is 12.2. The number of rotatable bonds is 7. The van der Waals surface area contributed by atoms with Gasteiger partial charge in [0.2, 0.25) is 15.9 Å². The second-order valence-corrected chi connectivity index (χ2v) is 9.01. The highest BCUT2D eigenvalue weighted by atomic mass is 32.2. The lowest BCUT2D eigenvalue weighted by Crippen LogP contribution is -2.54. The molecule has 1 aliphatic heterocycles. The zero-order valence-corrected chi connectivity index (χ0v) is 17.0. The summed E-state index contributed by atoms with van der Waals surface area (Å²) in [7, 11) is -3.23. The Bertz CT molecular complexity index is 703. The topological polar surface area (TPSA) is 78.5 Å². The van der Waals surface area contributed by atoms with Gasteiger partial charge in [-0.2, -0.15) is 0 Å². The molecule has 0 spiro atoms. The molecule has 7 heteroatoms.